The number of aliphatic imine (C=N–C) groups is 2. The Morgan fingerprint density at radius 2 is 1.10 bits per heavy atom. The molecule has 1 aromatic heterocycles. The second kappa shape index (κ2) is 68.5. The fourth-order valence-electron chi connectivity index (χ4n) is 16.9. The number of carbonyl (C=O) groups excluding carboxylic acids is 16. The van der Waals surface area contributed by atoms with Crippen molar-refractivity contribution in [2.45, 2.75) is 305 Å². The van der Waals surface area contributed by atoms with Crippen molar-refractivity contribution in [1.29, 1.82) is 5.41 Å². The number of aliphatic carboxylic acids is 4. The highest BCUT2D eigenvalue weighted by Gasteiger charge is 2.43. The molecule has 16 amide bonds. The van der Waals surface area contributed by atoms with E-state index >= 15 is 9.59 Å². The zero-order chi connectivity index (χ0) is 107. The number of carbonyl (C=O) groups is 20. The fraction of sp³-hybridized carbons (Fsp3) is 0.639. The van der Waals surface area contributed by atoms with Crippen molar-refractivity contribution in [3.8, 4) is 0 Å². The molecule has 2 saturated heterocycles. The van der Waals surface area contributed by atoms with E-state index in [1.165, 1.54) is 38.8 Å². The Hall–Kier alpha value is -13.9. The molecule has 0 spiro atoms. The van der Waals surface area contributed by atoms with E-state index in [-0.39, 0.29) is 180 Å². The van der Waals surface area contributed by atoms with Crippen LogP contribution in [0.1, 0.15) is 237 Å². The molecule has 4 aliphatic rings. The van der Waals surface area contributed by atoms with Crippen LogP contribution in [-0.4, -0.2) is 335 Å². The lowest BCUT2D eigenvalue weighted by atomic mass is 10.0. The van der Waals surface area contributed by atoms with Crippen LogP contribution in [0.5, 0.6) is 0 Å². The summed E-state index contributed by atoms with van der Waals surface area (Å²) in [5.41, 5.74) is 13.1. The van der Waals surface area contributed by atoms with Gasteiger partial charge in [0.15, 0.2) is 5.96 Å². The van der Waals surface area contributed by atoms with Crippen LogP contribution in [0.4, 0.5) is 0 Å². The highest BCUT2D eigenvalue weighted by atomic mass is 16.5. The van der Waals surface area contributed by atoms with Gasteiger partial charge in [-0.2, -0.15) is 0 Å². The molecule has 2 aromatic rings. The number of fused-ring (bicyclic) bond motifs is 1. The Bertz CT molecular complexity index is 4860. The van der Waals surface area contributed by atoms with Crippen molar-refractivity contribution in [3.05, 3.63) is 59.6 Å². The number of nitrogens with zero attached hydrogens (tertiary/aromatic N) is 4. The molecule has 6 rings (SSSR count). The summed E-state index contributed by atoms with van der Waals surface area (Å²) in [5.74, 6) is -19.7. The van der Waals surface area contributed by atoms with Crippen molar-refractivity contribution >= 4 is 148 Å². The lowest BCUT2D eigenvalue weighted by molar-refractivity contribution is -0.144. The van der Waals surface area contributed by atoms with Gasteiger partial charge in [0.1, 0.15) is 73.1 Å². The zero-order valence-corrected chi connectivity index (χ0v) is 83.6. The van der Waals surface area contributed by atoms with Gasteiger partial charge < -0.3 is 136 Å². The average molecular weight is 2070 g/mol. The molecule has 50 heteroatoms. The van der Waals surface area contributed by atoms with Crippen molar-refractivity contribution in [1.82, 2.24) is 94.5 Å². The van der Waals surface area contributed by atoms with E-state index < -0.39 is 237 Å². The number of rotatable bonds is 65. The number of hydrogen-bond donors (Lipinski definition) is 24. The Balaban J connectivity index is 1.13. The van der Waals surface area contributed by atoms with E-state index in [0.29, 0.717) is 41.5 Å². The molecular formula is C97H149N23O27. The lowest BCUT2D eigenvalue weighted by Crippen LogP contribution is -2.61. The number of nitrogens with two attached hydrogens (primary N) is 2. The number of primary amides is 1. The van der Waals surface area contributed by atoms with Crippen LogP contribution in [-0.2, 0) is 112 Å². The van der Waals surface area contributed by atoms with E-state index in [0.717, 1.165) is 67.6 Å². The van der Waals surface area contributed by atoms with E-state index in [4.69, 9.17) is 31.5 Å². The molecule has 0 saturated carbocycles. The third-order valence-corrected chi connectivity index (χ3v) is 24.6. The van der Waals surface area contributed by atoms with Gasteiger partial charge in [0.25, 0.3) is 0 Å². The number of guanidine groups is 1. The largest absolute Gasteiger partial charge is 0.481 e. The number of likely N-dealkylation sites (tertiary alicyclic amines) is 1. The third kappa shape index (κ3) is 49.2. The number of amides is 16. The van der Waals surface area contributed by atoms with E-state index in [1.54, 1.807) is 48.8 Å². The zero-order valence-electron chi connectivity index (χ0n) is 83.6. The number of ether oxygens (including phenoxy) is 2. The summed E-state index contributed by atoms with van der Waals surface area (Å²) in [6.45, 7) is -2.14. The maximum absolute atomic E-state index is 15.4. The second-order valence-electron chi connectivity index (χ2n) is 36.6. The third-order valence-electron chi connectivity index (χ3n) is 24.6. The number of unbranched alkanes of at least 4 members (excludes halogenated alkanes) is 14. The molecular weight excluding hydrogens is 1920 g/mol. The smallest absolute Gasteiger partial charge is 0.317 e. The van der Waals surface area contributed by atoms with Gasteiger partial charge in [-0.3, -0.25) is 116 Å². The first-order valence-corrected chi connectivity index (χ1v) is 50.6. The summed E-state index contributed by atoms with van der Waals surface area (Å²) in [5, 5.41) is 95.8. The molecule has 50 nitrogen and oxygen atoms in total. The maximum Gasteiger partial charge on any atom is 0.317 e. The predicted octanol–water partition coefficient (Wildman–Crippen LogP) is -1.51. The van der Waals surface area contributed by atoms with Gasteiger partial charge in [0.05, 0.1) is 52.5 Å². The summed E-state index contributed by atoms with van der Waals surface area (Å²) >= 11 is 0. The Labute approximate surface area is 852 Å². The number of H-pyrrole nitrogens is 1. The van der Waals surface area contributed by atoms with Gasteiger partial charge >= 0.3 is 23.9 Å². The molecule has 26 N–H and O–H groups in total. The summed E-state index contributed by atoms with van der Waals surface area (Å²) in [7, 11) is 0. The number of aliphatic hydroxyl groups excluding tert-OH is 1. The second-order valence-corrected chi connectivity index (χ2v) is 36.6. The summed E-state index contributed by atoms with van der Waals surface area (Å²) in [4.78, 5) is 286. The van der Waals surface area contributed by atoms with Gasteiger partial charge in [-0.25, -0.2) is 0 Å². The van der Waals surface area contributed by atoms with Crippen LogP contribution in [0.2, 0.25) is 0 Å². The molecule has 5 heterocycles. The standard InChI is InChI=1S/C97H149N23O27/c1-61(122)109-68-32-18-21-40-103-79(124)54-75(117-92(141)72(51-62-55-107-66-30-16-15-29-65(62)66)114-89(138)69(34-25-44-106-97(99)100)110-80(125)56-108-87(136)73(115-88(68)137)52-63-27-23-42-101-63)96(145)120-47-26-35-77(120)95(144)118-76(59-121)94(143)116-74(53-64-28-24-43-102-64)93(142)113-71(38-39-83(129)130)91(140)112-70(33-19-22-46-119(57-84(131)132)58-85(133)134)90(139)111-67(86(98)135)31-17-20-41-104-81(126)60-147-50-49-146-48-45-105-78(123)36-13-11-9-7-5-3-2-4-6-8-10-12-14-37-82(127)128/h15-16,27-30,42-43,55,67-77,107,121H,2-14,17-26,31-41,44-54,56-60H2,1H3,(H2,98,135)(H,103,124)(H,104,126)(H,105,123)(H,108,136)(H,109,122)(H,110,125)(H,111,139)(H,112,140)(H,113,142)(H,114,138)(H,115,137)(H,116,143)(H,117,141)(H,118,144)(H,127,128)(H,129,130)(H,131,132)(H,133,134)(H4,99,100,106)/t67-,68-,69-,70-,71-,72-,73-,74-,75-,76-,77-/m0/s1. The molecule has 2 fully saturated rings. The Kier molecular flexibility index (Phi) is 56.7. The fourth-order valence-corrected chi connectivity index (χ4v) is 16.9. The van der Waals surface area contributed by atoms with Crippen molar-refractivity contribution in [3.63, 3.8) is 0 Å². The SMILES string of the molecule is CC(=O)N[C@H]1CCCCNC(=O)C[C@@H](C(=O)N2CCC[C@H]2C(=O)N[C@@H](CO)C(=O)N[C@@H](CC2=CCC=N2)C(=O)N[C@@H](CCC(=O)O)C(=O)N[C@@H](CCCCN(CC(=O)O)CC(=O)O)C(=O)N[C@@H](CCCCNC(=O)COCCOCCNC(=O)CCCCCCCCCCCCCCCC(=O)O)C(N)=O)NC(=O)[C@H](Cc2c[nH]c3ccccc23)NC(=O)[C@H](CCCNC(=N)N)NC(=O)CNC(=O)[C@H](CC2=CCC=N2)NC1=O. The molecule has 0 bridgehead atoms. The minimum absolute atomic E-state index is 0.0123. The minimum Gasteiger partial charge on any atom is -0.481 e. The van der Waals surface area contributed by atoms with Gasteiger partial charge in [-0.15, -0.1) is 0 Å². The van der Waals surface area contributed by atoms with Crippen LogP contribution >= 0.6 is 0 Å². The Morgan fingerprint density at radius 1 is 0.531 bits per heavy atom. The molecule has 4 aliphatic heterocycles. The van der Waals surface area contributed by atoms with Crippen LogP contribution < -0.4 is 91.2 Å². The van der Waals surface area contributed by atoms with Crippen molar-refractivity contribution < 1.29 is 131 Å². The van der Waals surface area contributed by atoms with Crippen LogP contribution in [0, 0.1) is 5.41 Å². The predicted molar refractivity (Wildman–Crippen MR) is 534 cm³/mol. The van der Waals surface area contributed by atoms with Crippen LogP contribution in [0.15, 0.2) is 64.0 Å². The highest BCUT2D eigenvalue weighted by molar-refractivity contribution is 6.01. The van der Waals surface area contributed by atoms with Gasteiger partial charge in [-0.1, -0.05) is 101 Å². The van der Waals surface area contributed by atoms with E-state index in [9.17, 15) is 107 Å². The van der Waals surface area contributed by atoms with Crippen LogP contribution in [0.3, 0.4) is 0 Å². The number of benzene rings is 1. The van der Waals surface area contributed by atoms with Gasteiger partial charge in [0.2, 0.25) is 94.5 Å². The number of carboxylic acid groups (broad SMARTS) is 4. The number of aliphatic hydroxyl groups is 1. The van der Waals surface area contributed by atoms with Gasteiger partial charge in [0, 0.05) is 132 Å². The molecule has 11 atom stereocenters. The summed E-state index contributed by atoms with van der Waals surface area (Å²) in [6, 6.07) is -10.9. The number of allylic oxidation sites excluding steroid dienone is 2. The highest BCUT2D eigenvalue weighted by Crippen LogP contribution is 2.25. The van der Waals surface area contributed by atoms with E-state index in [1.807, 2.05) is 0 Å². The molecule has 0 aliphatic carbocycles. The molecule has 814 valence electrons. The number of nitrogens with one attached hydrogen (secondary N) is 17. The number of hydrogen-bond acceptors (Lipinski definition) is 27. The average Bonchev–Trinajstić information content (AvgIpc) is 1.56. The molecule has 0 radical (unpaired) electrons. The maximum atomic E-state index is 15.4. The first kappa shape index (κ1) is 122. The number of para-hydroxylation sites is 1. The Morgan fingerprint density at radius 3 is 1.73 bits per heavy atom. The normalized spacial score (nSPS) is 18.5. The lowest BCUT2D eigenvalue weighted by Gasteiger charge is -2.31. The summed E-state index contributed by atoms with van der Waals surface area (Å²) < 4.78 is 11.0. The summed E-state index contributed by atoms with van der Waals surface area (Å²) in [6.07, 6.45) is 19.8. The quantitative estimate of drug-likeness (QED) is 0.0203. The molecule has 147 heavy (non-hydrogen) atoms. The topological polar surface area (TPSA) is 764 Å². The minimum atomic E-state index is -1.96. The number of carboxylic acids is 4. The van der Waals surface area contributed by atoms with Crippen molar-refractivity contribution in [2.24, 2.45) is 21.5 Å². The van der Waals surface area contributed by atoms with E-state index in [2.05, 4.69) is 94.7 Å². The van der Waals surface area contributed by atoms with Crippen molar-refractivity contribution in [2.75, 3.05) is 91.9 Å². The first-order valence-electron chi connectivity index (χ1n) is 50.6. The molecule has 0 unspecified atom stereocenters. The number of aromatic nitrogens is 1. The first-order chi connectivity index (χ1) is 70.5. The van der Waals surface area contributed by atoms with Gasteiger partial charge in [-0.05, 0) is 121 Å². The van der Waals surface area contributed by atoms with Crippen LogP contribution in [0.25, 0.3) is 10.9 Å². The monoisotopic (exact) mass is 2070 g/mol. The molecule has 1 aromatic carbocycles. The number of aromatic amines is 1.